The summed E-state index contributed by atoms with van der Waals surface area (Å²) in [5.41, 5.74) is 0.325. The molecule has 1 N–H and O–H groups in total. The lowest BCUT2D eigenvalue weighted by Crippen LogP contribution is -2.30. The van der Waals surface area contributed by atoms with Gasteiger partial charge in [0.05, 0.1) is 12.4 Å². The van der Waals surface area contributed by atoms with E-state index < -0.39 is 0 Å². The third-order valence-electron chi connectivity index (χ3n) is 3.24. The minimum absolute atomic E-state index is 0.0986. The predicted octanol–water partition coefficient (Wildman–Crippen LogP) is 0.00410. The molecule has 1 aliphatic heterocycles. The molecule has 2 unspecified atom stereocenters. The molecule has 0 aromatic carbocycles. The van der Waals surface area contributed by atoms with Crippen LogP contribution in [0.4, 0.5) is 5.82 Å². The zero-order valence-electron chi connectivity index (χ0n) is 11.3. The third-order valence-corrected chi connectivity index (χ3v) is 3.24. The average Bonchev–Trinajstić information content (AvgIpc) is 2.89. The van der Waals surface area contributed by atoms with Crippen LogP contribution in [0.2, 0.25) is 0 Å². The highest BCUT2D eigenvalue weighted by molar-refractivity contribution is 5.92. The van der Waals surface area contributed by atoms with E-state index in [4.69, 9.17) is 9.47 Å². The lowest BCUT2D eigenvalue weighted by molar-refractivity contribution is -0.00461. The van der Waals surface area contributed by atoms with E-state index in [-0.39, 0.29) is 18.1 Å². The Bertz CT molecular complexity index is 425. The smallest absolute Gasteiger partial charge is 0.274 e. The number of nitrogens with zero attached hydrogens (tertiary/aromatic N) is 3. The number of carbonyl (C=O) groups is 1. The molecule has 2 atom stereocenters. The second-order valence-electron chi connectivity index (χ2n) is 4.30. The first-order valence-electron chi connectivity index (χ1n) is 6.04. The summed E-state index contributed by atoms with van der Waals surface area (Å²) >= 11 is 0. The molecule has 7 heteroatoms. The number of anilines is 1. The highest BCUT2D eigenvalue weighted by Gasteiger charge is 2.36. The maximum atomic E-state index is 12.3. The van der Waals surface area contributed by atoms with Crippen molar-refractivity contribution in [1.82, 2.24) is 14.9 Å². The van der Waals surface area contributed by atoms with Crippen LogP contribution in [0, 0.1) is 0 Å². The summed E-state index contributed by atoms with van der Waals surface area (Å²) in [6, 6.07) is 0. The Labute approximate surface area is 111 Å². The van der Waals surface area contributed by atoms with Crippen molar-refractivity contribution in [3.63, 3.8) is 0 Å². The Morgan fingerprint density at radius 3 is 2.32 bits per heavy atom. The second-order valence-corrected chi connectivity index (χ2v) is 4.30. The number of ether oxygens (including phenoxy) is 2. The summed E-state index contributed by atoms with van der Waals surface area (Å²) in [7, 11) is 4.98. The topological polar surface area (TPSA) is 76.6 Å². The van der Waals surface area contributed by atoms with Crippen molar-refractivity contribution in [2.75, 3.05) is 39.7 Å². The van der Waals surface area contributed by atoms with Crippen LogP contribution in [0.5, 0.6) is 0 Å². The Morgan fingerprint density at radius 1 is 1.26 bits per heavy atom. The second kappa shape index (κ2) is 5.94. The van der Waals surface area contributed by atoms with Crippen LogP contribution in [-0.4, -0.2) is 67.3 Å². The zero-order valence-corrected chi connectivity index (χ0v) is 11.3. The number of carbonyl (C=O) groups excluding carboxylic acids is 1. The highest BCUT2D eigenvalue weighted by Crippen LogP contribution is 2.17. The number of rotatable bonds is 4. The van der Waals surface area contributed by atoms with Gasteiger partial charge in [-0.1, -0.05) is 0 Å². The molecule has 1 amide bonds. The molecule has 0 saturated carbocycles. The lowest BCUT2D eigenvalue weighted by Gasteiger charge is -2.14. The summed E-state index contributed by atoms with van der Waals surface area (Å²) in [5.74, 6) is 0.472. The first-order chi connectivity index (χ1) is 9.19. The molecule has 104 valence electrons. The molecule has 0 radical (unpaired) electrons. The van der Waals surface area contributed by atoms with Crippen molar-refractivity contribution < 1.29 is 14.3 Å². The molecule has 1 aliphatic rings. The fraction of sp³-hybridized carbons (Fsp3) is 0.583. The zero-order chi connectivity index (χ0) is 13.8. The van der Waals surface area contributed by atoms with Gasteiger partial charge in [0.25, 0.3) is 5.91 Å². The molecule has 0 aliphatic carbocycles. The number of methoxy groups -OCH3 is 2. The van der Waals surface area contributed by atoms with Crippen LogP contribution in [-0.2, 0) is 9.47 Å². The molecular weight excluding hydrogens is 248 g/mol. The molecular formula is C12H18N4O3. The van der Waals surface area contributed by atoms with Gasteiger partial charge in [-0.2, -0.15) is 0 Å². The van der Waals surface area contributed by atoms with Crippen LogP contribution in [0.3, 0.4) is 0 Å². The minimum Gasteiger partial charge on any atom is -0.377 e. The molecule has 2 heterocycles. The van der Waals surface area contributed by atoms with Crippen LogP contribution in [0.25, 0.3) is 0 Å². The van der Waals surface area contributed by atoms with Crippen molar-refractivity contribution in [3.8, 4) is 0 Å². The first-order valence-corrected chi connectivity index (χ1v) is 6.04. The fourth-order valence-electron chi connectivity index (χ4n) is 2.09. The van der Waals surface area contributed by atoms with Gasteiger partial charge in [0.2, 0.25) is 0 Å². The normalized spacial score (nSPS) is 22.6. The Hall–Kier alpha value is -1.73. The van der Waals surface area contributed by atoms with Crippen molar-refractivity contribution in [2.45, 2.75) is 12.2 Å². The maximum absolute atomic E-state index is 12.3. The van der Waals surface area contributed by atoms with Gasteiger partial charge in [0, 0.05) is 34.4 Å². The van der Waals surface area contributed by atoms with E-state index in [1.807, 2.05) is 0 Å². The third kappa shape index (κ3) is 2.82. The Morgan fingerprint density at radius 2 is 1.89 bits per heavy atom. The van der Waals surface area contributed by atoms with Gasteiger partial charge < -0.3 is 19.7 Å². The van der Waals surface area contributed by atoms with Gasteiger partial charge in [-0.15, -0.1) is 0 Å². The summed E-state index contributed by atoms with van der Waals surface area (Å²) in [6.45, 7) is 1.01. The van der Waals surface area contributed by atoms with E-state index in [2.05, 4.69) is 15.3 Å². The molecule has 0 bridgehead atoms. The van der Waals surface area contributed by atoms with Crippen LogP contribution < -0.4 is 5.32 Å². The van der Waals surface area contributed by atoms with Gasteiger partial charge in [0.15, 0.2) is 0 Å². The Balaban J connectivity index is 2.07. The number of amides is 1. The fourth-order valence-corrected chi connectivity index (χ4v) is 2.09. The summed E-state index contributed by atoms with van der Waals surface area (Å²) in [4.78, 5) is 22.1. The monoisotopic (exact) mass is 266 g/mol. The number of hydrogen-bond acceptors (Lipinski definition) is 6. The molecule has 1 fully saturated rings. The molecule has 0 spiro atoms. The van der Waals surface area contributed by atoms with E-state index in [1.165, 1.54) is 12.4 Å². The minimum atomic E-state index is -0.156. The van der Waals surface area contributed by atoms with Crippen LogP contribution in [0.1, 0.15) is 10.5 Å². The molecule has 1 saturated heterocycles. The summed E-state index contributed by atoms with van der Waals surface area (Å²) in [5, 5.41) is 2.86. The van der Waals surface area contributed by atoms with E-state index in [9.17, 15) is 4.79 Å². The predicted molar refractivity (Wildman–Crippen MR) is 69.1 cm³/mol. The molecule has 7 nitrogen and oxygen atoms in total. The van der Waals surface area contributed by atoms with Gasteiger partial charge in [-0.25, -0.2) is 9.97 Å². The van der Waals surface area contributed by atoms with Crippen molar-refractivity contribution >= 4 is 11.7 Å². The van der Waals surface area contributed by atoms with Gasteiger partial charge in [-0.05, 0) is 0 Å². The number of aromatic nitrogens is 2. The van der Waals surface area contributed by atoms with Gasteiger partial charge in [-0.3, -0.25) is 4.79 Å². The molecule has 1 aromatic heterocycles. The standard InChI is InChI=1S/C12H18N4O3/c1-13-11-5-14-8(4-15-11)12(17)16-6-9(18-2)10(7-16)19-3/h4-5,9-10H,6-7H2,1-3H3,(H,13,15). The van der Waals surface area contributed by atoms with E-state index in [1.54, 1.807) is 26.2 Å². The van der Waals surface area contributed by atoms with Crippen LogP contribution in [0.15, 0.2) is 12.4 Å². The van der Waals surface area contributed by atoms with E-state index >= 15 is 0 Å². The van der Waals surface area contributed by atoms with E-state index in [0.717, 1.165) is 0 Å². The van der Waals surface area contributed by atoms with Gasteiger partial charge >= 0.3 is 0 Å². The van der Waals surface area contributed by atoms with Crippen molar-refractivity contribution in [3.05, 3.63) is 18.1 Å². The average molecular weight is 266 g/mol. The molecule has 1 aromatic rings. The number of likely N-dealkylation sites (tertiary alicyclic amines) is 1. The Kier molecular flexibility index (Phi) is 4.28. The molecule has 19 heavy (non-hydrogen) atoms. The quantitative estimate of drug-likeness (QED) is 0.827. The van der Waals surface area contributed by atoms with Crippen molar-refractivity contribution in [1.29, 1.82) is 0 Å². The van der Waals surface area contributed by atoms with Crippen LogP contribution >= 0.6 is 0 Å². The SMILES string of the molecule is CNc1cnc(C(=O)N2CC(OC)C(OC)C2)cn1. The number of hydrogen-bond donors (Lipinski definition) is 1. The lowest BCUT2D eigenvalue weighted by atomic mass is 10.3. The maximum Gasteiger partial charge on any atom is 0.274 e. The summed E-state index contributed by atoms with van der Waals surface area (Å²) in [6.07, 6.45) is 2.80. The van der Waals surface area contributed by atoms with E-state index in [0.29, 0.717) is 24.6 Å². The highest BCUT2D eigenvalue weighted by atomic mass is 16.5. The van der Waals surface area contributed by atoms with Crippen molar-refractivity contribution in [2.24, 2.45) is 0 Å². The summed E-state index contributed by atoms with van der Waals surface area (Å²) < 4.78 is 10.6. The largest absolute Gasteiger partial charge is 0.377 e. The molecule has 2 rings (SSSR count). The number of nitrogens with one attached hydrogen (secondary N) is 1. The first kappa shape index (κ1) is 13.7. The van der Waals surface area contributed by atoms with Gasteiger partial charge in [0.1, 0.15) is 23.7 Å².